The molecular weight excluding hydrogens is 360 g/mol. The summed E-state index contributed by atoms with van der Waals surface area (Å²) >= 11 is 0. The van der Waals surface area contributed by atoms with E-state index in [1.54, 1.807) is 0 Å². The zero-order chi connectivity index (χ0) is 17.9. The second-order valence-electron chi connectivity index (χ2n) is 6.83. The van der Waals surface area contributed by atoms with Crippen LogP contribution in [0.1, 0.15) is 19.2 Å². The van der Waals surface area contributed by atoms with E-state index in [0.717, 1.165) is 42.2 Å². The second-order valence-corrected chi connectivity index (χ2v) is 6.83. The molecule has 2 heterocycles. The highest BCUT2D eigenvalue weighted by Gasteiger charge is 2.23. The third kappa shape index (κ3) is 3.99. The van der Waals surface area contributed by atoms with Crippen LogP contribution in [0.2, 0.25) is 0 Å². The highest BCUT2D eigenvalue weighted by molar-refractivity contribution is 5.85. The average molecular weight is 385 g/mol. The molecule has 5 nitrogen and oxygen atoms in total. The normalized spacial score (nSPS) is 16.9. The highest BCUT2D eigenvalue weighted by Crippen LogP contribution is 2.22. The number of amides is 1. The van der Waals surface area contributed by atoms with E-state index in [9.17, 15) is 4.79 Å². The van der Waals surface area contributed by atoms with Gasteiger partial charge in [0.1, 0.15) is 5.82 Å². The minimum Gasteiger partial charge on any atom is -0.337 e. The summed E-state index contributed by atoms with van der Waals surface area (Å²) in [5.41, 5.74) is 3.13. The number of nitrogens with one attached hydrogen (secondary N) is 1. The maximum Gasteiger partial charge on any atom is 0.223 e. The first kappa shape index (κ1) is 19.4. The van der Waals surface area contributed by atoms with Crippen LogP contribution in [-0.2, 0) is 11.2 Å². The lowest BCUT2D eigenvalue weighted by molar-refractivity contribution is -0.133. The van der Waals surface area contributed by atoms with E-state index < -0.39 is 0 Å². The molecule has 1 aliphatic heterocycles. The highest BCUT2D eigenvalue weighted by atomic mass is 35.5. The first-order valence-corrected chi connectivity index (χ1v) is 9.26. The maximum atomic E-state index is 12.7. The van der Waals surface area contributed by atoms with E-state index in [-0.39, 0.29) is 24.4 Å². The van der Waals surface area contributed by atoms with Gasteiger partial charge in [0.05, 0.1) is 11.0 Å². The van der Waals surface area contributed by atoms with Gasteiger partial charge in [-0.1, -0.05) is 30.3 Å². The first-order chi connectivity index (χ1) is 12.7. The van der Waals surface area contributed by atoms with Crippen LogP contribution < -0.4 is 5.32 Å². The van der Waals surface area contributed by atoms with Crippen molar-refractivity contribution in [3.05, 3.63) is 60.4 Å². The average Bonchev–Trinajstić information content (AvgIpc) is 3.05. The number of benzene rings is 2. The lowest BCUT2D eigenvalue weighted by atomic mass is 10.1. The molecule has 0 saturated carbocycles. The summed E-state index contributed by atoms with van der Waals surface area (Å²) in [4.78, 5) is 19.5. The van der Waals surface area contributed by atoms with Crippen molar-refractivity contribution in [3.63, 3.8) is 0 Å². The number of piperazine rings is 1. The zero-order valence-electron chi connectivity index (χ0n) is 15.5. The smallest absolute Gasteiger partial charge is 0.223 e. The molecule has 0 radical (unpaired) electrons. The molecule has 1 atom stereocenters. The largest absolute Gasteiger partial charge is 0.337 e. The number of imidazole rings is 1. The fraction of sp³-hybridized carbons (Fsp3) is 0.333. The van der Waals surface area contributed by atoms with E-state index in [2.05, 4.69) is 35.0 Å². The third-order valence-corrected chi connectivity index (χ3v) is 5.03. The number of carbonyl (C=O) groups excluding carboxylic acids is 1. The van der Waals surface area contributed by atoms with Crippen molar-refractivity contribution >= 4 is 29.3 Å². The Labute approximate surface area is 165 Å². The first-order valence-electron chi connectivity index (χ1n) is 9.26. The molecule has 3 aromatic rings. The van der Waals surface area contributed by atoms with Crippen LogP contribution in [0, 0.1) is 0 Å². The number of hydrogen-bond donors (Lipinski definition) is 1. The predicted octanol–water partition coefficient (Wildman–Crippen LogP) is 3.20. The Hall–Kier alpha value is -2.37. The Bertz CT molecular complexity index is 909. The summed E-state index contributed by atoms with van der Waals surface area (Å²) in [6.45, 7) is 4.63. The summed E-state index contributed by atoms with van der Waals surface area (Å²) in [6, 6.07) is 18.6. The summed E-state index contributed by atoms with van der Waals surface area (Å²) in [5.74, 6) is 1.15. The minimum atomic E-state index is 0. The number of rotatable bonds is 4. The third-order valence-electron chi connectivity index (χ3n) is 5.03. The molecule has 0 aliphatic carbocycles. The molecule has 1 N–H and O–H groups in total. The van der Waals surface area contributed by atoms with Crippen LogP contribution in [-0.4, -0.2) is 46.0 Å². The van der Waals surface area contributed by atoms with Gasteiger partial charge in [0.2, 0.25) is 5.91 Å². The molecule has 1 saturated heterocycles. The number of halogens is 1. The van der Waals surface area contributed by atoms with Gasteiger partial charge in [-0.25, -0.2) is 4.98 Å². The minimum absolute atomic E-state index is 0. The molecule has 1 amide bonds. The van der Waals surface area contributed by atoms with Crippen molar-refractivity contribution in [1.82, 2.24) is 19.8 Å². The predicted molar refractivity (Wildman–Crippen MR) is 111 cm³/mol. The number of nitrogens with zero attached hydrogens (tertiary/aromatic N) is 3. The van der Waals surface area contributed by atoms with Crippen molar-refractivity contribution in [2.75, 3.05) is 19.6 Å². The fourth-order valence-corrected chi connectivity index (χ4v) is 3.68. The molecule has 142 valence electrons. The SMILES string of the molecule is CC1CNCCN1C(=O)CCc1nc2ccccc2n1-c1ccccc1.Cl. The van der Waals surface area contributed by atoms with Gasteiger partial charge in [-0.2, -0.15) is 0 Å². The van der Waals surface area contributed by atoms with Crippen LogP contribution in [0.15, 0.2) is 54.6 Å². The number of carbonyl (C=O) groups is 1. The Morgan fingerprint density at radius 2 is 1.89 bits per heavy atom. The van der Waals surface area contributed by atoms with Crippen LogP contribution in [0.25, 0.3) is 16.7 Å². The van der Waals surface area contributed by atoms with Gasteiger partial charge in [-0.05, 0) is 31.2 Å². The van der Waals surface area contributed by atoms with E-state index in [1.807, 2.05) is 41.3 Å². The number of aromatic nitrogens is 2. The van der Waals surface area contributed by atoms with Crippen LogP contribution in [0.5, 0.6) is 0 Å². The number of fused-ring (bicyclic) bond motifs is 1. The molecule has 1 unspecified atom stereocenters. The lowest BCUT2D eigenvalue weighted by Crippen LogP contribution is -2.52. The molecule has 27 heavy (non-hydrogen) atoms. The van der Waals surface area contributed by atoms with Gasteiger partial charge in [-0.15, -0.1) is 12.4 Å². The molecule has 1 fully saturated rings. The molecular formula is C21H25ClN4O. The summed E-state index contributed by atoms with van der Waals surface area (Å²) < 4.78 is 2.17. The van der Waals surface area contributed by atoms with Crippen molar-refractivity contribution in [1.29, 1.82) is 0 Å². The summed E-state index contributed by atoms with van der Waals surface area (Å²) in [6.07, 6.45) is 1.12. The Morgan fingerprint density at radius 1 is 1.15 bits per heavy atom. The van der Waals surface area contributed by atoms with E-state index in [1.165, 1.54) is 0 Å². The standard InChI is InChI=1S/C21H24N4O.ClH/c1-16-15-22-13-14-24(16)21(26)12-11-20-23-18-9-5-6-10-19(18)25(20)17-7-3-2-4-8-17;/h2-10,16,22H,11-15H2,1H3;1H. The van der Waals surface area contributed by atoms with Crippen LogP contribution in [0.3, 0.4) is 0 Å². The maximum absolute atomic E-state index is 12.7. The molecule has 0 spiro atoms. The van der Waals surface area contributed by atoms with Gasteiger partial charge in [0.15, 0.2) is 0 Å². The number of aryl methyl sites for hydroxylation is 1. The van der Waals surface area contributed by atoms with Gasteiger partial charge in [-0.3, -0.25) is 9.36 Å². The number of hydrogen-bond acceptors (Lipinski definition) is 3. The zero-order valence-corrected chi connectivity index (χ0v) is 16.3. The van der Waals surface area contributed by atoms with Crippen LogP contribution >= 0.6 is 12.4 Å². The monoisotopic (exact) mass is 384 g/mol. The van der Waals surface area contributed by atoms with Crippen molar-refractivity contribution in [3.8, 4) is 5.69 Å². The summed E-state index contributed by atoms with van der Waals surface area (Å²) in [5, 5.41) is 3.33. The Balaban J connectivity index is 0.00000210. The van der Waals surface area contributed by atoms with E-state index in [0.29, 0.717) is 12.8 Å². The topological polar surface area (TPSA) is 50.2 Å². The van der Waals surface area contributed by atoms with Crippen molar-refractivity contribution < 1.29 is 4.79 Å². The van der Waals surface area contributed by atoms with Gasteiger partial charge >= 0.3 is 0 Å². The Morgan fingerprint density at radius 3 is 2.67 bits per heavy atom. The van der Waals surface area contributed by atoms with Gasteiger partial charge < -0.3 is 10.2 Å². The fourth-order valence-electron chi connectivity index (χ4n) is 3.68. The molecule has 6 heteroatoms. The summed E-state index contributed by atoms with van der Waals surface area (Å²) in [7, 11) is 0. The molecule has 4 rings (SSSR count). The van der Waals surface area contributed by atoms with Crippen molar-refractivity contribution in [2.45, 2.75) is 25.8 Å². The molecule has 2 aromatic carbocycles. The Kier molecular flexibility index (Phi) is 6.14. The van der Waals surface area contributed by atoms with Gasteiger partial charge in [0.25, 0.3) is 0 Å². The lowest BCUT2D eigenvalue weighted by Gasteiger charge is -2.34. The van der Waals surface area contributed by atoms with Gasteiger partial charge in [0, 0.05) is 44.2 Å². The van der Waals surface area contributed by atoms with E-state index >= 15 is 0 Å². The number of para-hydroxylation sites is 3. The van der Waals surface area contributed by atoms with E-state index in [4.69, 9.17) is 4.98 Å². The molecule has 0 bridgehead atoms. The molecule has 1 aromatic heterocycles. The second kappa shape index (κ2) is 8.55. The quantitative estimate of drug-likeness (QED) is 0.751. The van der Waals surface area contributed by atoms with Crippen LogP contribution in [0.4, 0.5) is 0 Å². The van der Waals surface area contributed by atoms with Crippen molar-refractivity contribution in [2.24, 2.45) is 0 Å². The molecule has 1 aliphatic rings.